The Morgan fingerprint density at radius 3 is 0.889 bits per heavy atom. The number of nitrogens with zero attached hydrogens (tertiary/aromatic N) is 1. The SMILES string of the molecule is C[Si](C)(C)c1ccc(-c2cc(-c3ccc([Si](C)(C)C)cc3)cc(-n3c4ccc(-c5ccc(-c6ccccc6)cc5)cc4c4cc(-c5ccc(-c6ccccc6)cc5)ccc43)c2)cc1. The molecule has 0 radical (unpaired) electrons. The van der Waals surface area contributed by atoms with E-state index in [4.69, 9.17) is 0 Å². The molecule has 0 unspecified atom stereocenters. The van der Waals surface area contributed by atoms with Gasteiger partial charge in [-0.1, -0.05) is 220 Å². The zero-order valence-corrected chi connectivity index (χ0v) is 39.2. The first-order valence-electron chi connectivity index (χ1n) is 22.2. The number of rotatable bonds is 9. The number of fused-ring (bicyclic) bond motifs is 3. The van der Waals surface area contributed by atoms with Crippen molar-refractivity contribution >= 4 is 48.3 Å². The molecule has 63 heavy (non-hydrogen) atoms. The Hall–Kier alpha value is -6.79. The van der Waals surface area contributed by atoms with Gasteiger partial charge < -0.3 is 4.57 Å². The van der Waals surface area contributed by atoms with Gasteiger partial charge in [0.2, 0.25) is 0 Å². The van der Waals surface area contributed by atoms with Crippen molar-refractivity contribution in [2.24, 2.45) is 0 Å². The van der Waals surface area contributed by atoms with Crippen molar-refractivity contribution in [3.8, 4) is 72.4 Å². The minimum absolute atomic E-state index is 1.16. The van der Waals surface area contributed by atoms with Gasteiger partial charge in [0, 0.05) is 16.5 Å². The zero-order chi connectivity index (χ0) is 43.3. The second kappa shape index (κ2) is 16.2. The van der Waals surface area contributed by atoms with Crippen molar-refractivity contribution in [1.82, 2.24) is 4.57 Å². The summed E-state index contributed by atoms with van der Waals surface area (Å²) in [7, 11) is -2.91. The van der Waals surface area contributed by atoms with E-state index in [1.165, 1.54) is 98.9 Å². The lowest BCUT2D eigenvalue weighted by Gasteiger charge is -2.19. The van der Waals surface area contributed by atoms with Crippen LogP contribution in [0.3, 0.4) is 0 Å². The molecule has 9 aromatic carbocycles. The number of hydrogen-bond acceptors (Lipinski definition) is 0. The van der Waals surface area contributed by atoms with Gasteiger partial charge in [-0.25, -0.2) is 0 Å². The van der Waals surface area contributed by atoms with E-state index in [0.717, 1.165) is 5.69 Å². The average molecular weight is 844 g/mol. The monoisotopic (exact) mass is 843 g/mol. The molecular weight excluding hydrogens is 791 g/mol. The van der Waals surface area contributed by atoms with Crippen LogP contribution in [-0.2, 0) is 0 Å². The molecular formula is C60H53NSi2. The highest BCUT2D eigenvalue weighted by Gasteiger charge is 2.20. The van der Waals surface area contributed by atoms with Crippen LogP contribution in [0.2, 0.25) is 39.3 Å². The van der Waals surface area contributed by atoms with Crippen molar-refractivity contribution in [1.29, 1.82) is 0 Å². The lowest BCUT2D eigenvalue weighted by molar-refractivity contribution is 1.18. The Kier molecular flexibility index (Phi) is 10.3. The first-order chi connectivity index (χ1) is 30.5. The largest absolute Gasteiger partial charge is 0.309 e. The topological polar surface area (TPSA) is 4.93 Å². The van der Waals surface area contributed by atoms with E-state index in [1.54, 1.807) is 0 Å². The minimum atomic E-state index is -1.45. The van der Waals surface area contributed by atoms with Gasteiger partial charge in [0.1, 0.15) is 0 Å². The van der Waals surface area contributed by atoms with Crippen molar-refractivity contribution in [3.05, 3.63) is 212 Å². The summed E-state index contributed by atoms with van der Waals surface area (Å²) in [6, 6.07) is 79.3. The van der Waals surface area contributed by atoms with Crippen LogP contribution in [0.5, 0.6) is 0 Å². The lowest BCUT2D eigenvalue weighted by Crippen LogP contribution is -2.37. The van der Waals surface area contributed by atoms with Gasteiger partial charge >= 0.3 is 0 Å². The molecule has 0 saturated carbocycles. The lowest BCUT2D eigenvalue weighted by atomic mass is 9.97. The molecule has 10 rings (SSSR count). The van der Waals surface area contributed by atoms with Crippen molar-refractivity contribution in [2.45, 2.75) is 39.3 Å². The maximum atomic E-state index is 2.50. The van der Waals surface area contributed by atoms with Gasteiger partial charge in [-0.2, -0.15) is 0 Å². The Bertz CT molecular complexity index is 3010. The minimum Gasteiger partial charge on any atom is -0.309 e. The van der Waals surface area contributed by atoms with E-state index in [0.29, 0.717) is 0 Å². The molecule has 3 heteroatoms. The molecule has 1 heterocycles. The van der Waals surface area contributed by atoms with E-state index in [9.17, 15) is 0 Å². The summed E-state index contributed by atoms with van der Waals surface area (Å²) in [6.45, 7) is 14.5. The molecule has 306 valence electrons. The van der Waals surface area contributed by atoms with Crippen molar-refractivity contribution in [3.63, 3.8) is 0 Å². The molecule has 0 saturated heterocycles. The van der Waals surface area contributed by atoms with E-state index >= 15 is 0 Å². The van der Waals surface area contributed by atoms with Gasteiger partial charge in [-0.3, -0.25) is 0 Å². The third-order valence-corrected chi connectivity index (χ3v) is 16.9. The Morgan fingerprint density at radius 1 is 0.254 bits per heavy atom. The Balaban J connectivity index is 1.16. The predicted octanol–water partition coefficient (Wildman–Crippen LogP) is 15.9. The standard InChI is InChI=1S/C60H53NSi2/c1-62(2,3)55-31-25-48(26-32-55)52-37-53(49-27-33-56(34-28-49)63(4,5)6)39-54(38-52)61-59-35-29-50(46-21-17-44(18-22-46)42-13-9-7-10-14-42)40-57(59)58-41-51(30-36-60(58)61)47-23-19-45(20-24-47)43-15-11-8-12-16-43/h7-41H,1-6H3. The second-order valence-electron chi connectivity index (χ2n) is 19.1. The van der Waals surface area contributed by atoms with Gasteiger partial charge in [0.05, 0.1) is 27.2 Å². The van der Waals surface area contributed by atoms with Gasteiger partial charge in [-0.05, 0) is 109 Å². The smallest absolute Gasteiger partial charge is 0.0775 e. The van der Waals surface area contributed by atoms with Gasteiger partial charge in [0.25, 0.3) is 0 Å². The molecule has 1 nitrogen and oxygen atoms in total. The summed E-state index contributed by atoms with van der Waals surface area (Å²) < 4.78 is 2.50. The normalized spacial score (nSPS) is 12.0. The van der Waals surface area contributed by atoms with Crippen LogP contribution in [-0.4, -0.2) is 20.7 Å². The van der Waals surface area contributed by atoms with Gasteiger partial charge in [0.15, 0.2) is 0 Å². The molecule has 0 fully saturated rings. The molecule has 0 amide bonds. The van der Waals surface area contributed by atoms with Crippen LogP contribution in [0, 0.1) is 0 Å². The fraction of sp³-hybridized carbons (Fsp3) is 0.100. The summed E-state index contributed by atoms with van der Waals surface area (Å²) in [5, 5.41) is 5.43. The number of aromatic nitrogens is 1. The van der Waals surface area contributed by atoms with Crippen LogP contribution in [0.25, 0.3) is 94.3 Å². The highest BCUT2D eigenvalue weighted by atomic mass is 28.3. The Morgan fingerprint density at radius 2 is 0.540 bits per heavy atom. The van der Waals surface area contributed by atoms with Crippen LogP contribution >= 0.6 is 0 Å². The highest BCUT2D eigenvalue weighted by molar-refractivity contribution is 6.89. The average Bonchev–Trinajstić information content (AvgIpc) is 3.64. The van der Waals surface area contributed by atoms with E-state index in [2.05, 4.69) is 256 Å². The Labute approximate surface area is 375 Å². The van der Waals surface area contributed by atoms with E-state index in [-0.39, 0.29) is 0 Å². The maximum absolute atomic E-state index is 2.50. The van der Waals surface area contributed by atoms with Crippen molar-refractivity contribution < 1.29 is 0 Å². The summed E-state index contributed by atoms with van der Waals surface area (Å²) in [5.41, 5.74) is 18.2. The van der Waals surface area contributed by atoms with E-state index in [1.807, 2.05) is 0 Å². The molecule has 0 atom stereocenters. The first-order valence-corrected chi connectivity index (χ1v) is 29.2. The first kappa shape index (κ1) is 40.3. The summed E-state index contributed by atoms with van der Waals surface area (Å²) in [6.07, 6.45) is 0. The van der Waals surface area contributed by atoms with Crippen LogP contribution in [0.4, 0.5) is 0 Å². The molecule has 1 aromatic heterocycles. The predicted molar refractivity (Wildman–Crippen MR) is 279 cm³/mol. The molecule has 10 aromatic rings. The number of benzene rings is 9. The second-order valence-corrected chi connectivity index (χ2v) is 29.3. The quantitative estimate of drug-likeness (QED) is 0.128. The molecule has 0 N–H and O–H groups in total. The molecule has 0 aliphatic heterocycles. The number of hydrogen-bond donors (Lipinski definition) is 0. The zero-order valence-electron chi connectivity index (χ0n) is 37.2. The summed E-state index contributed by atoms with van der Waals surface area (Å²) in [4.78, 5) is 0. The molecule has 0 spiro atoms. The summed E-state index contributed by atoms with van der Waals surface area (Å²) >= 11 is 0. The molecule has 0 aliphatic carbocycles. The van der Waals surface area contributed by atoms with Crippen LogP contribution < -0.4 is 10.4 Å². The maximum Gasteiger partial charge on any atom is 0.0775 e. The van der Waals surface area contributed by atoms with Gasteiger partial charge in [-0.15, -0.1) is 0 Å². The third-order valence-electron chi connectivity index (χ3n) is 12.8. The summed E-state index contributed by atoms with van der Waals surface area (Å²) in [5.74, 6) is 0. The highest BCUT2D eigenvalue weighted by Crippen LogP contribution is 2.40. The molecule has 0 bridgehead atoms. The third kappa shape index (κ3) is 8.07. The fourth-order valence-electron chi connectivity index (χ4n) is 9.03. The fourth-order valence-corrected chi connectivity index (χ4v) is 11.4. The van der Waals surface area contributed by atoms with Crippen molar-refractivity contribution in [2.75, 3.05) is 0 Å². The van der Waals surface area contributed by atoms with Crippen LogP contribution in [0.15, 0.2) is 212 Å². The molecule has 0 aliphatic rings. The van der Waals surface area contributed by atoms with Crippen LogP contribution in [0.1, 0.15) is 0 Å². The van der Waals surface area contributed by atoms with E-state index < -0.39 is 16.1 Å².